The zero-order chi connectivity index (χ0) is 19.6. The van der Waals surface area contributed by atoms with Gasteiger partial charge in [0.05, 0.1) is 12.1 Å². The van der Waals surface area contributed by atoms with E-state index in [2.05, 4.69) is 28.8 Å². The van der Waals surface area contributed by atoms with Gasteiger partial charge in [-0.15, -0.1) is 0 Å². The standard InChI is InChI=1S/C24H22N4/c25-15-23(21-10-3-1-4-11-21)27-17-19-8-7-9-20(14-19)18-28-24(16-26)22-12-5-2-6-13-22/h1-14,23-24,27-28H,17-18H2/t23-,24-/m0/s1. The van der Waals surface area contributed by atoms with Gasteiger partial charge >= 0.3 is 0 Å². The molecule has 0 saturated heterocycles. The normalized spacial score (nSPS) is 12.5. The van der Waals surface area contributed by atoms with Gasteiger partial charge in [0, 0.05) is 13.1 Å². The van der Waals surface area contributed by atoms with E-state index >= 15 is 0 Å². The van der Waals surface area contributed by atoms with Crippen LogP contribution in [0, 0.1) is 22.7 Å². The lowest BCUT2D eigenvalue weighted by molar-refractivity contribution is 0.621. The van der Waals surface area contributed by atoms with E-state index in [0.717, 1.165) is 22.3 Å². The highest BCUT2D eigenvalue weighted by molar-refractivity contribution is 5.28. The van der Waals surface area contributed by atoms with E-state index < -0.39 is 0 Å². The number of hydrogen-bond donors (Lipinski definition) is 2. The summed E-state index contributed by atoms with van der Waals surface area (Å²) >= 11 is 0. The largest absolute Gasteiger partial charge is 0.294 e. The number of benzene rings is 3. The van der Waals surface area contributed by atoms with Crippen LogP contribution >= 0.6 is 0 Å². The number of nitriles is 2. The van der Waals surface area contributed by atoms with Gasteiger partial charge in [0.2, 0.25) is 0 Å². The highest BCUT2D eigenvalue weighted by Crippen LogP contribution is 2.15. The zero-order valence-corrected chi connectivity index (χ0v) is 15.5. The molecular weight excluding hydrogens is 344 g/mol. The molecule has 0 heterocycles. The van der Waals surface area contributed by atoms with Gasteiger partial charge in [0.25, 0.3) is 0 Å². The molecule has 0 saturated carbocycles. The number of nitrogens with zero attached hydrogens (tertiary/aromatic N) is 2. The fourth-order valence-electron chi connectivity index (χ4n) is 3.06. The van der Waals surface area contributed by atoms with Crippen molar-refractivity contribution in [2.45, 2.75) is 25.2 Å². The van der Waals surface area contributed by atoms with Crippen LogP contribution in [-0.4, -0.2) is 0 Å². The quantitative estimate of drug-likeness (QED) is 0.620. The van der Waals surface area contributed by atoms with Crippen molar-refractivity contribution < 1.29 is 0 Å². The van der Waals surface area contributed by atoms with Gasteiger partial charge in [-0.2, -0.15) is 10.5 Å². The van der Waals surface area contributed by atoms with Crippen molar-refractivity contribution in [3.05, 3.63) is 107 Å². The molecule has 0 aliphatic heterocycles. The smallest absolute Gasteiger partial charge is 0.121 e. The Hall–Kier alpha value is -3.44. The molecule has 0 fully saturated rings. The minimum absolute atomic E-state index is 0.343. The van der Waals surface area contributed by atoms with Crippen LogP contribution in [0.25, 0.3) is 0 Å². The Balaban J connectivity index is 1.59. The van der Waals surface area contributed by atoms with Crippen LogP contribution in [0.3, 0.4) is 0 Å². The molecule has 2 N–H and O–H groups in total. The van der Waals surface area contributed by atoms with Crippen LogP contribution < -0.4 is 10.6 Å². The Bertz CT molecular complexity index is 878. The van der Waals surface area contributed by atoms with E-state index in [4.69, 9.17) is 0 Å². The summed E-state index contributed by atoms with van der Waals surface area (Å²) in [5, 5.41) is 25.5. The molecule has 0 bridgehead atoms. The molecule has 0 aliphatic rings. The lowest BCUT2D eigenvalue weighted by Crippen LogP contribution is -2.21. The second kappa shape index (κ2) is 10.0. The Morgan fingerprint density at radius 2 is 1.04 bits per heavy atom. The monoisotopic (exact) mass is 366 g/mol. The summed E-state index contributed by atoms with van der Waals surface area (Å²) < 4.78 is 0. The molecule has 0 spiro atoms. The zero-order valence-electron chi connectivity index (χ0n) is 15.5. The predicted molar refractivity (Wildman–Crippen MR) is 110 cm³/mol. The maximum absolute atomic E-state index is 9.44. The van der Waals surface area contributed by atoms with Crippen LogP contribution in [0.1, 0.15) is 34.3 Å². The Kier molecular flexibility index (Phi) is 6.93. The molecule has 2 atom stereocenters. The summed E-state index contributed by atoms with van der Waals surface area (Å²) in [5.74, 6) is 0. The molecule has 0 aromatic heterocycles. The maximum atomic E-state index is 9.44. The third kappa shape index (κ3) is 5.28. The minimum Gasteiger partial charge on any atom is -0.294 e. The van der Waals surface area contributed by atoms with Gasteiger partial charge in [0.15, 0.2) is 0 Å². The Morgan fingerprint density at radius 1 is 0.607 bits per heavy atom. The average molecular weight is 366 g/mol. The van der Waals surface area contributed by atoms with Crippen LogP contribution in [0.4, 0.5) is 0 Å². The topological polar surface area (TPSA) is 71.6 Å². The maximum Gasteiger partial charge on any atom is 0.121 e. The molecule has 4 nitrogen and oxygen atoms in total. The molecule has 0 unspecified atom stereocenters. The van der Waals surface area contributed by atoms with Crippen LogP contribution in [0.15, 0.2) is 84.9 Å². The Labute approximate surface area is 166 Å². The molecule has 0 aliphatic carbocycles. The fourth-order valence-corrected chi connectivity index (χ4v) is 3.06. The summed E-state index contributed by atoms with van der Waals surface area (Å²) in [4.78, 5) is 0. The van der Waals surface area contributed by atoms with Crippen molar-refractivity contribution in [2.24, 2.45) is 0 Å². The Morgan fingerprint density at radius 3 is 1.43 bits per heavy atom. The van der Waals surface area contributed by atoms with Gasteiger partial charge in [-0.05, 0) is 22.3 Å². The number of nitrogens with one attached hydrogen (secondary N) is 2. The molecule has 3 aromatic rings. The molecule has 28 heavy (non-hydrogen) atoms. The van der Waals surface area contributed by atoms with E-state index in [1.54, 1.807) is 0 Å². The highest BCUT2D eigenvalue weighted by atomic mass is 14.9. The van der Waals surface area contributed by atoms with Crippen LogP contribution in [0.5, 0.6) is 0 Å². The van der Waals surface area contributed by atoms with E-state index in [1.165, 1.54) is 0 Å². The van der Waals surface area contributed by atoms with E-state index in [9.17, 15) is 10.5 Å². The molecule has 138 valence electrons. The molecule has 3 aromatic carbocycles. The third-order valence-corrected chi connectivity index (χ3v) is 4.54. The van der Waals surface area contributed by atoms with Crippen LogP contribution in [0.2, 0.25) is 0 Å². The number of hydrogen-bond acceptors (Lipinski definition) is 4. The van der Waals surface area contributed by atoms with Gasteiger partial charge in [-0.3, -0.25) is 10.6 Å². The minimum atomic E-state index is -0.343. The summed E-state index contributed by atoms with van der Waals surface area (Å²) in [6, 6.07) is 31.5. The lowest BCUT2D eigenvalue weighted by atomic mass is 10.1. The van der Waals surface area contributed by atoms with Crippen LogP contribution in [-0.2, 0) is 13.1 Å². The van der Waals surface area contributed by atoms with Crippen molar-refractivity contribution in [1.82, 2.24) is 10.6 Å². The fraction of sp³-hybridized carbons (Fsp3) is 0.167. The first-order valence-electron chi connectivity index (χ1n) is 9.24. The molecule has 4 heteroatoms. The van der Waals surface area contributed by atoms with Gasteiger partial charge in [-0.1, -0.05) is 84.9 Å². The first-order valence-corrected chi connectivity index (χ1v) is 9.24. The van der Waals surface area contributed by atoms with Crippen molar-refractivity contribution in [2.75, 3.05) is 0 Å². The van der Waals surface area contributed by atoms with E-state index in [-0.39, 0.29) is 12.1 Å². The SMILES string of the molecule is N#C[C@H](NCc1cccc(CN[C@@H](C#N)c2ccccc2)c1)c1ccccc1. The summed E-state index contributed by atoms with van der Waals surface area (Å²) in [6.07, 6.45) is 0. The molecule has 0 radical (unpaired) electrons. The lowest BCUT2D eigenvalue weighted by Gasteiger charge is -2.14. The van der Waals surface area contributed by atoms with Crippen molar-refractivity contribution >= 4 is 0 Å². The summed E-state index contributed by atoms with van der Waals surface area (Å²) in [7, 11) is 0. The highest BCUT2D eigenvalue weighted by Gasteiger charge is 2.11. The third-order valence-electron chi connectivity index (χ3n) is 4.54. The average Bonchev–Trinajstić information content (AvgIpc) is 2.76. The molecule has 3 rings (SSSR count). The van der Waals surface area contributed by atoms with E-state index in [1.807, 2.05) is 78.9 Å². The summed E-state index contributed by atoms with van der Waals surface area (Å²) in [5.41, 5.74) is 4.12. The summed E-state index contributed by atoms with van der Waals surface area (Å²) in [6.45, 7) is 1.20. The van der Waals surface area contributed by atoms with E-state index in [0.29, 0.717) is 13.1 Å². The van der Waals surface area contributed by atoms with Crippen molar-refractivity contribution in [3.63, 3.8) is 0 Å². The molecular formula is C24H22N4. The second-order valence-corrected chi connectivity index (χ2v) is 6.53. The second-order valence-electron chi connectivity index (χ2n) is 6.53. The van der Waals surface area contributed by atoms with Crippen molar-refractivity contribution in [1.29, 1.82) is 10.5 Å². The van der Waals surface area contributed by atoms with Gasteiger partial charge in [-0.25, -0.2) is 0 Å². The predicted octanol–water partition coefficient (Wildman–Crippen LogP) is 4.40. The van der Waals surface area contributed by atoms with Gasteiger partial charge < -0.3 is 0 Å². The number of rotatable bonds is 8. The van der Waals surface area contributed by atoms with Crippen molar-refractivity contribution in [3.8, 4) is 12.1 Å². The first-order chi connectivity index (χ1) is 13.8. The van der Waals surface area contributed by atoms with Gasteiger partial charge in [0.1, 0.15) is 12.1 Å². The first kappa shape index (κ1) is 19.3. The molecule has 0 amide bonds.